The average molecular weight is 343 g/mol. The Morgan fingerprint density at radius 1 is 1.32 bits per heavy atom. The minimum Gasteiger partial charge on any atom is -0.480 e. The summed E-state index contributed by atoms with van der Waals surface area (Å²) in [6.45, 7) is 2.17. The number of hydrogen-bond acceptors (Lipinski definition) is 3. The number of aliphatic carboxylic acids is 1. The second-order valence-electron chi connectivity index (χ2n) is 6.52. The number of carbonyl (C=O) groups is 3. The number of carbonyl (C=O) groups excluding carboxylic acids is 2. The smallest absolute Gasteiger partial charge is 0.326 e. The van der Waals surface area contributed by atoms with Gasteiger partial charge in [0.05, 0.1) is 6.54 Å². The molecule has 1 fully saturated rings. The van der Waals surface area contributed by atoms with E-state index in [2.05, 4.69) is 10.3 Å². The first kappa shape index (κ1) is 17.0. The summed E-state index contributed by atoms with van der Waals surface area (Å²) >= 11 is 0. The molecule has 2 unspecified atom stereocenters. The van der Waals surface area contributed by atoms with Gasteiger partial charge in [0.25, 0.3) is 5.91 Å². The van der Waals surface area contributed by atoms with E-state index in [9.17, 15) is 19.5 Å². The molecule has 1 aliphatic rings. The molecule has 1 aromatic heterocycles. The molecule has 0 aliphatic carbocycles. The Bertz CT molecular complexity index is 781. The number of carboxylic acid groups (broad SMARTS) is 1. The SMILES string of the molecule is CC1CCN(C(=O)CNC(=O)c2cc3ccccc3[nH]2)C(C(=O)O)C1. The second kappa shape index (κ2) is 6.96. The molecule has 2 amide bonds. The van der Waals surface area contributed by atoms with Gasteiger partial charge in [-0.1, -0.05) is 25.1 Å². The van der Waals surface area contributed by atoms with Crippen LogP contribution >= 0.6 is 0 Å². The van der Waals surface area contributed by atoms with Crippen LogP contribution < -0.4 is 5.32 Å². The van der Waals surface area contributed by atoms with E-state index < -0.39 is 12.0 Å². The highest BCUT2D eigenvalue weighted by atomic mass is 16.4. The van der Waals surface area contributed by atoms with Crippen LogP contribution in [0.5, 0.6) is 0 Å². The van der Waals surface area contributed by atoms with Gasteiger partial charge < -0.3 is 20.3 Å². The van der Waals surface area contributed by atoms with Gasteiger partial charge in [-0.25, -0.2) is 4.79 Å². The van der Waals surface area contributed by atoms with Crippen LogP contribution in [0.15, 0.2) is 30.3 Å². The average Bonchev–Trinajstić information content (AvgIpc) is 3.03. The third-order valence-electron chi connectivity index (χ3n) is 4.64. The lowest BCUT2D eigenvalue weighted by Gasteiger charge is -2.36. The number of benzene rings is 1. The maximum Gasteiger partial charge on any atom is 0.326 e. The molecule has 3 rings (SSSR count). The Morgan fingerprint density at radius 3 is 2.80 bits per heavy atom. The molecule has 2 heterocycles. The van der Waals surface area contributed by atoms with Crippen LogP contribution in [-0.2, 0) is 9.59 Å². The minimum atomic E-state index is -0.998. The number of carboxylic acids is 1. The molecule has 25 heavy (non-hydrogen) atoms. The summed E-state index contributed by atoms with van der Waals surface area (Å²) in [5.41, 5.74) is 1.21. The molecule has 0 saturated carbocycles. The fraction of sp³-hybridized carbons (Fsp3) is 0.389. The van der Waals surface area contributed by atoms with Crippen molar-refractivity contribution in [2.75, 3.05) is 13.1 Å². The number of nitrogens with zero attached hydrogens (tertiary/aromatic N) is 1. The highest BCUT2D eigenvalue weighted by molar-refractivity contribution is 5.99. The third-order valence-corrected chi connectivity index (χ3v) is 4.64. The first-order chi connectivity index (χ1) is 12.0. The number of amides is 2. The third kappa shape index (κ3) is 3.65. The van der Waals surface area contributed by atoms with Gasteiger partial charge in [-0.3, -0.25) is 9.59 Å². The van der Waals surface area contributed by atoms with Crippen LogP contribution in [0.25, 0.3) is 10.9 Å². The minimum absolute atomic E-state index is 0.216. The van der Waals surface area contributed by atoms with E-state index in [1.54, 1.807) is 6.07 Å². The Balaban J connectivity index is 1.63. The number of aromatic amines is 1. The number of hydrogen-bond donors (Lipinski definition) is 3. The van der Waals surface area contributed by atoms with Gasteiger partial charge in [0.15, 0.2) is 0 Å². The predicted octanol–water partition coefficient (Wildman–Crippen LogP) is 1.61. The molecular weight excluding hydrogens is 322 g/mol. The quantitative estimate of drug-likeness (QED) is 0.785. The lowest BCUT2D eigenvalue weighted by molar-refractivity contribution is -0.152. The van der Waals surface area contributed by atoms with Crippen LogP contribution in [-0.4, -0.2) is 51.9 Å². The van der Waals surface area contributed by atoms with Crippen molar-refractivity contribution in [2.24, 2.45) is 5.92 Å². The van der Waals surface area contributed by atoms with E-state index >= 15 is 0 Å². The number of rotatable bonds is 4. The second-order valence-corrected chi connectivity index (χ2v) is 6.52. The molecule has 132 valence electrons. The van der Waals surface area contributed by atoms with Crippen LogP contribution in [0.3, 0.4) is 0 Å². The summed E-state index contributed by atoms with van der Waals surface area (Å²) in [7, 11) is 0. The van der Waals surface area contributed by atoms with Crippen molar-refractivity contribution in [1.29, 1.82) is 0 Å². The monoisotopic (exact) mass is 343 g/mol. The largest absolute Gasteiger partial charge is 0.480 e. The van der Waals surface area contributed by atoms with Crippen LogP contribution in [0.4, 0.5) is 0 Å². The zero-order chi connectivity index (χ0) is 18.0. The maximum absolute atomic E-state index is 12.4. The van der Waals surface area contributed by atoms with E-state index in [0.717, 1.165) is 17.3 Å². The van der Waals surface area contributed by atoms with Crippen LogP contribution in [0, 0.1) is 5.92 Å². The number of fused-ring (bicyclic) bond motifs is 1. The summed E-state index contributed by atoms with van der Waals surface area (Å²) < 4.78 is 0. The molecule has 1 aliphatic heterocycles. The van der Waals surface area contributed by atoms with Gasteiger partial charge in [-0.2, -0.15) is 0 Å². The number of piperidine rings is 1. The van der Waals surface area contributed by atoms with Gasteiger partial charge in [-0.05, 0) is 30.9 Å². The van der Waals surface area contributed by atoms with Crippen LogP contribution in [0.2, 0.25) is 0 Å². The highest BCUT2D eigenvalue weighted by Crippen LogP contribution is 2.22. The Labute approximate surface area is 145 Å². The molecule has 1 aromatic carbocycles. The number of para-hydroxylation sites is 1. The van der Waals surface area contributed by atoms with Crippen molar-refractivity contribution < 1.29 is 19.5 Å². The maximum atomic E-state index is 12.4. The molecule has 0 bridgehead atoms. The van der Waals surface area contributed by atoms with Gasteiger partial charge in [0, 0.05) is 17.4 Å². The van der Waals surface area contributed by atoms with E-state index in [0.29, 0.717) is 18.7 Å². The number of aromatic nitrogens is 1. The molecule has 0 spiro atoms. The van der Waals surface area contributed by atoms with Crippen molar-refractivity contribution in [3.8, 4) is 0 Å². The molecule has 3 N–H and O–H groups in total. The molecule has 7 heteroatoms. The summed E-state index contributed by atoms with van der Waals surface area (Å²) in [4.78, 5) is 40.3. The topological polar surface area (TPSA) is 103 Å². The fourth-order valence-electron chi connectivity index (χ4n) is 3.22. The Morgan fingerprint density at radius 2 is 2.08 bits per heavy atom. The van der Waals surface area contributed by atoms with Gasteiger partial charge in [-0.15, -0.1) is 0 Å². The molecular formula is C18H21N3O4. The van der Waals surface area contributed by atoms with Crippen LogP contribution in [0.1, 0.15) is 30.3 Å². The van der Waals surface area contributed by atoms with Gasteiger partial charge in [0.1, 0.15) is 11.7 Å². The first-order valence-electron chi connectivity index (χ1n) is 8.34. The molecule has 0 radical (unpaired) electrons. The standard InChI is InChI=1S/C18H21N3O4/c1-11-6-7-21(15(8-11)18(24)25)16(22)10-19-17(23)14-9-12-4-2-3-5-13(12)20-14/h2-5,9,11,15,20H,6-8,10H2,1H3,(H,19,23)(H,24,25). The molecule has 2 atom stereocenters. The predicted molar refractivity (Wildman–Crippen MR) is 92.2 cm³/mol. The zero-order valence-corrected chi connectivity index (χ0v) is 14.0. The van der Waals surface area contributed by atoms with Crippen molar-refractivity contribution in [2.45, 2.75) is 25.8 Å². The van der Waals surface area contributed by atoms with Crippen molar-refractivity contribution in [3.63, 3.8) is 0 Å². The lowest BCUT2D eigenvalue weighted by atomic mass is 9.92. The zero-order valence-electron chi connectivity index (χ0n) is 14.0. The molecule has 7 nitrogen and oxygen atoms in total. The van der Waals surface area contributed by atoms with Gasteiger partial charge >= 0.3 is 5.97 Å². The molecule has 1 saturated heterocycles. The first-order valence-corrected chi connectivity index (χ1v) is 8.34. The summed E-state index contributed by atoms with van der Waals surface area (Å²) in [5, 5.41) is 12.8. The van der Waals surface area contributed by atoms with E-state index in [1.807, 2.05) is 31.2 Å². The van der Waals surface area contributed by atoms with E-state index in [4.69, 9.17) is 0 Å². The lowest BCUT2D eigenvalue weighted by Crippen LogP contribution is -2.52. The van der Waals surface area contributed by atoms with Gasteiger partial charge in [0.2, 0.25) is 5.91 Å². The number of likely N-dealkylation sites (tertiary alicyclic amines) is 1. The summed E-state index contributed by atoms with van der Waals surface area (Å²) in [6, 6.07) is 8.40. The number of H-pyrrole nitrogens is 1. The summed E-state index contributed by atoms with van der Waals surface area (Å²) in [6.07, 6.45) is 1.21. The number of nitrogens with one attached hydrogen (secondary N) is 2. The molecule has 2 aromatic rings. The fourth-order valence-corrected chi connectivity index (χ4v) is 3.22. The van der Waals surface area contributed by atoms with Crippen molar-refractivity contribution in [1.82, 2.24) is 15.2 Å². The Hall–Kier alpha value is -2.83. The summed E-state index contributed by atoms with van der Waals surface area (Å²) in [5.74, 6) is -1.49. The van der Waals surface area contributed by atoms with E-state index in [-0.39, 0.29) is 24.3 Å². The highest BCUT2D eigenvalue weighted by Gasteiger charge is 2.34. The van der Waals surface area contributed by atoms with E-state index in [1.165, 1.54) is 4.90 Å². The normalized spacial score (nSPS) is 20.4. The van der Waals surface area contributed by atoms with Crippen molar-refractivity contribution >= 4 is 28.7 Å². The van der Waals surface area contributed by atoms with Crippen molar-refractivity contribution in [3.05, 3.63) is 36.0 Å². The Kier molecular flexibility index (Phi) is 4.74.